The van der Waals surface area contributed by atoms with Gasteiger partial charge in [-0.15, -0.1) is 23.5 Å². The van der Waals surface area contributed by atoms with Crippen LogP contribution in [0.5, 0.6) is 0 Å². The molecule has 1 radical (unpaired) electrons. The molecule has 77 valence electrons. The highest BCUT2D eigenvalue weighted by Gasteiger charge is 2.06. The predicted octanol–water partition coefficient (Wildman–Crippen LogP) is 4.49. The molecule has 0 aliphatic carbocycles. The van der Waals surface area contributed by atoms with Gasteiger partial charge in [-0.05, 0) is 12.1 Å². The summed E-state index contributed by atoms with van der Waals surface area (Å²) < 4.78 is 0. The third-order valence-corrected chi connectivity index (χ3v) is 3.74. The lowest BCUT2D eigenvalue weighted by Gasteiger charge is -2.11. The Morgan fingerprint density at radius 2 is 1.71 bits per heavy atom. The van der Waals surface area contributed by atoms with Crippen molar-refractivity contribution in [2.45, 2.75) is 48.0 Å². The van der Waals surface area contributed by atoms with E-state index < -0.39 is 0 Å². The van der Waals surface area contributed by atoms with Crippen molar-refractivity contribution in [3.63, 3.8) is 0 Å². The van der Waals surface area contributed by atoms with Gasteiger partial charge in [0.2, 0.25) is 0 Å². The fourth-order valence-electron chi connectivity index (χ4n) is 1.08. The first-order chi connectivity index (χ1) is 6.59. The van der Waals surface area contributed by atoms with E-state index in [1.165, 1.54) is 9.79 Å². The zero-order chi connectivity index (χ0) is 10.6. The largest absolute Gasteiger partial charge is 0.122 e. The average molecular weight is 225 g/mol. The fourth-order valence-corrected chi connectivity index (χ4v) is 2.99. The molecule has 0 saturated carbocycles. The van der Waals surface area contributed by atoms with Gasteiger partial charge in [-0.25, -0.2) is 0 Å². The van der Waals surface area contributed by atoms with E-state index in [0.29, 0.717) is 10.5 Å². The Morgan fingerprint density at radius 3 is 2.29 bits per heavy atom. The van der Waals surface area contributed by atoms with E-state index in [4.69, 9.17) is 0 Å². The molecule has 0 bridgehead atoms. The summed E-state index contributed by atoms with van der Waals surface area (Å²) >= 11 is 3.81. The molecule has 1 aromatic carbocycles. The van der Waals surface area contributed by atoms with E-state index in [-0.39, 0.29) is 0 Å². The summed E-state index contributed by atoms with van der Waals surface area (Å²) in [6, 6.07) is 9.56. The number of thioether (sulfide) groups is 2. The summed E-state index contributed by atoms with van der Waals surface area (Å²) in [5.41, 5.74) is 0. The molecule has 0 N–H and O–H groups in total. The Labute approximate surface area is 95.9 Å². The van der Waals surface area contributed by atoms with Gasteiger partial charge in [0, 0.05) is 20.3 Å². The van der Waals surface area contributed by atoms with Gasteiger partial charge in [0.05, 0.1) is 0 Å². The molecule has 1 rings (SSSR count). The Bertz CT molecular complexity index is 250. The topological polar surface area (TPSA) is 0 Å². The molecule has 2 heteroatoms. The molecular weight excluding hydrogens is 208 g/mol. The number of benzene rings is 1. The molecule has 0 aliphatic heterocycles. The van der Waals surface area contributed by atoms with Crippen molar-refractivity contribution < 1.29 is 0 Å². The first kappa shape index (κ1) is 12.0. The van der Waals surface area contributed by atoms with Gasteiger partial charge in [-0.2, -0.15) is 0 Å². The lowest BCUT2D eigenvalue weighted by atomic mass is 10.4. The molecule has 0 aliphatic rings. The summed E-state index contributed by atoms with van der Waals surface area (Å²) in [5.74, 6) is 0. The minimum atomic E-state index is 0.625. The molecule has 14 heavy (non-hydrogen) atoms. The Hall–Kier alpha value is -0.0800. The van der Waals surface area contributed by atoms with Gasteiger partial charge < -0.3 is 0 Å². The van der Waals surface area contributed by atoms with E-state index in [9.17, 15) is 0 Å². The molecule has 0 unspecified atom stereocenters. The maximum absolute atomic E-state index is 3.32. The van der Waals surface area contributed by atoms with Gasteiger partial charge in [0.15, 0.2) is 0 Å². The van der Waals surface area contributed by atoms with Gasteiger partial charge in [-0.3, -0.25) is 0 Å². The first-order valence-electron chi connectivity index (χ1n) is 4.93. The van der Waals surface area contributed by atoms with E-state index in [1.807, 2.05) is 29.6 Å². The molecule has 0 fully saturated rings. The lowest BCUT2D eigenvalue weighted by Crippen LogP contribution is -1.91. The highest BCUT2D eigenvalue weighted by atomic mass is 32.2. The Morgan fingerprint density at radius 1 is 1.07 bits per heavy atom. The van der Waals surface area contributed by atoms with Crippen molar-refractivity contribution in [3.05, 3.63) is 24.3 Å². The van der Waals surface area contributed by atoms with Gasteiger partial charge in [0.1, 0.15) is 0 Å². The van der Waals surface area contributed by atoms with Crippen LogP contribution in [-0.2, 0) is 0 Å². The molecular formula is C12H17S2. The van der Waals surface area contributed by atoms with Crippen LogP contribution in [0.25, 0.3) is 0 Å². The van der Waals surface area contributed by atoms with E-state index in [2.05, 4.69) is 45.9 Å². The molecule has 0 saturated heterocycles. The summed E-state index contributed by atoms with van der Waals surface area (Å²) in [7, 11) is 0. The van der Waals surface area contributed by atoms with Crippen LogP contribution in [0.4, 0.5) is 0 Å². The van der Waals surface area contributed by atoms with E-state index >= 15 is 0 Å². The molecule has 0 atom stereocenters. The predicted molar refractivity (Wildman–Crippen MR) is 67.3 cm³/mol. The zero-order valence-corrected chi connectivity index (χ0v) is 10.8. The highest BCUT2D eigenvalue weighted by Crippen LogP contribution is 2.34. The van der Waals surface area contributed by atoms with Crippen LogP contribution in [0.3, 0.4) is 0 Å². The second-order valence-corrected chi connectivity index (χ2v) is 6.90. The quantitative estimate of drug-likeness (QED) is 0.693. The first-order valence-corrected chi connectivity index (χ1v) is 6.69. The Balaban J connectivity index is 2.80. The third kappa shape index (κ3) is 3.97. The second-order valence-electron chi connectivity index (χ2n) is 3.70. The summed E-state index contributed by atoms with van der Waals surface area (Å²) in [5, 5.41) is 1.26. The minimum absolute atomic E-state index is 0.625. The maximum Gasteiger partial charge on any atom is 0.0290 e. The van der Waals surface area contributed by atoms with Crippen molar-refractivity contribution in [1.29, 1.82) is 0 Å². The van der Waals surface area contributed by atoms with Crippen LogP contribution in [0.15, 0.2) is 28.0 Å². The van der Waals surface area contributed by atoms with Crippen LogP contribution in [0, 0.1) is 6.07 Å². The van der Waals surface area contributed by atoms with Crippen molar-refractivity contribution in [3.8, 4) is 0 Å². The number of hydrogen-bond acceptors (Lipinski definition) is 2. The third-order valence-electron chi connectivity index (χ3n) is 1.50. The normalized spacial score (nSPS) is 11.3. The summed E-state index contributed by atoms with van der Waals surface area (Å²) in [4.78, 5) is 2.66. The molecule has 0 heterocycles. The van der Waals surface area contributed by atoms with Crippen molar-refractivity contribution in [1.82, 2.24) is 0 Å². The lowest BCUT2D eigenvalue weighted by molar-refractivity contribution is 1.08. The average Bonchev–Trinajstić information content (AvgIpc) is 2.06. The van der Waals surface area contributed by atoms with Crippen LogP contribution in [0.2, 0.25) is 0 Å². The monoisotopic (exact) mass is 225 g/mol. The van der Waals surface area contributed by atoms with Crippen molar-refractivity contribution >= 4 is 23.5 Å². The van der Waals surface area contributed by atoms with Crippen LogP contribution in [0.1, 0.15) is 27.7 Å². The molecule has 0 aromatic heterocycles. The molecule has 0 nitrogen and oxygen atoms in total. The minimum Gasteiger partial charge on any atom is -0.122 e. The van der Waals surface area contributed by atoms with Crippen LogP contribution >= 0.6 is 23.5 Å². The van der Waals surface area contributed by atoms with Crippen LogP contribution in [-0.4, -0.2) is 10.5 Å². The fraction of sp³-hybridized carbons (Fsp3) is 0.500. The number of hydrogen-bond donors (Lipinski definition) is 0. The molecule has 0 amide bonds. The molecule has 0 spiro atoms. The summed E-state index contributed by atoms with van der Waals surface area (Å²) in [6.45, 7) is 8.88. The molecule has 1 aromatic rings. The standard InChI is InChI=1S/C12H17S2/c1-9(2)13-11-7-5-6-8-12(11)14-10(3)4/h5-7,9-10H,1-4H3. The Kier molecular flexibility index (Phi) is 4.90. The maximum atomic E-state index is 3.32. The van der Waals surface area contributed by atoms with Gasteiger partial charge >= 0.3 is 0 Å². The second kappa shape index (κ2) is 5.72. The van der Waals surface area contributed by atoms with Gasteiger partial charge in [0.25, 0.3) is 0 Å². The highest BCUT2D eigenvalue weighted by molar-refractivity contribution is 8.02. The van der Waals surface area contributed by atoms with E-state index in [1.54, 1.807) is 0 Å². The van der Waals surface area contributed by atoms with Crippen molar-refractivity contribution in [2.24, 2.45) is 0 Å². The van der Waals surface area contributed by atoms with Gasteiger partial charge in [-0.1, -0.05) is 39.8 Å². The van der Waals surface area contributed by atoms with Crippen LogP contribution < -0.4 is 0 Å². The SMILES string of the molecule is CC(C)Sc1[c]cccc1SC(C)C. The van der Waals surface area contributed by atoms with E-state index in [0.717, 1.165) is 0 Å². The van der Waals surface area contributed by atoms with Crippen molar-refractivity contribution in [2.75, 3.05) is 0 Å². The summed E-state index contributed by atoms with van der Waals surface area (Å²) in [6.07, 6.45) is 0. The number of rotatable bonds is 4. The smallest absolute Gasteiger partial charge is 0.0290 e. The zero-order valence-electron chi connectivity index (χ0n) is 9.20.